The Morgan fingerprint density at radius 1 is 0.417 bits per heavy atom. The average Bonchev–Trinajstić information content (AvgIpc) is 3.73. The molecule has 0 atom stereocenters. The van der Waals surface area contributed by atoms with Crippen LogP contribution in [0.25, 0.3) is 98.2 Å². The third-order valence-electron chi connectivity index (χ3n) is 9.15. The van der Waals surface area contributed by atoms with Crippen LogP contribution in [0, 0.1) is 0 Å². The molecule has 0 bridgehead atoms. The first-order valence-corrected chi connectivity index (χ1v) is 16.8. The maximum Gasteiger partial charge on any atom is 0.165 e. The second-order valence-corrected chi connectivity index (χ2v) is 13.0. The lowest BCUT2D eigenvalue weighted by atomic mass is 9.98. The van der Waals surface area contributed by atoms with Crippen LogP contribution >= 0.6 is 11.3 Å². The van der Waals surface area contributed by atoms with Gasteiger partial charge in [0, 0.05) is 47.6 Å². The van der Waals surface area contributed by atoms with Gasteiger partial charge in [-0.2, -0.15) is 0 Å². The Morgan fingerprint density at radius 3 is 1.96 bits per heavy atom. The first kappa shape index (κ1) is 27.0. The van der Waals surface area contributed by atoms with Crippen LogP contribution in [0.15, 0.2) is 156 Å². The fraction of sp³-hybridized carbons (Fsp3) is 0. The van der Waals surface area contributed by atoms with Gasteiger partial charge in [0.05, 0.1) is 0 Å². The number of nitrogens with zero attached hydrogens (tertiary/aromatic N) is 3. The van der Waals surface area contributed by atoms with Crippen LogP contribution in [0.4, 0.5) is 0 Å². The number of hydrogen-bond acceptors (Lipinski definition) is 5. The fourth-order valence-electron chi connectivity index (χ4n) is 6.90. The molecule has 0 spiro atoms. The summed E-state index contributed by atoms with van der Waals surface area (Å²) in [7, 11) is 0. The molecule has 5 heteroatoms. The maximum atomic E-state index is 6.28. The molecule has 7 aromatic carbocycles. The van der Waals surface area contributed by atoms with Gasteiger partial charge in [-0.3, -0.25) is 0 Å². The number of fused-ring (bicyclic) bond motifs is 7. The largest absolute Gasteiger partial charge is 0.456 e. The zero-order chi connectivity index (χ0) is 31.6. The van der Waals surface area contributed by atoms with Gasteiger partial charge in [0.1, 0.15) is 11.2 Å². The summed E-state index contributed by atoms with van der Waals surface area (Å²) in [6, 6.07) is 52.7. The van der Waals surface area contributed by atoms with Crippen molar-refractivity contribution in [2.75, 3.05) is 0 Å². The molecule has 48 heavy (non-hydrogen) atoms. The van der Waals surface area contributed by atoms with Gasteiger partial charge in [-0.05, 0) is 52.2 Å². The number of hydrogen-bond donors (Lipinski definition) is 0. The summed E-state index contributed by atoms with van der Waals surface area (Å²) in [6.07, 6.45) is 0. The van der Waals surface area contributed by atoms with Gasteiger partial charge in [0.2, 0.25) is 0 Å². The van der Waals surface area contributed by atoms with Crippen molar-refractivity contribution in [2.24, 2.45) is 0 Å². The Labute approximate surface area is 279 Å². The molecular weight excluding hydrogens is 607 g/mol. The lowest BCUT2D eigenvalue weighted by Gasteiger charge is -2.12. The van der Waals surface area contributed by atoms with Crippen LogP contribution in [0.3, 0.4) is 0 Å². The number of benzene rings is 7. The SMILES string of the molecule is c1ccc(-c2ccc3cccc(-c4nc(-c5cccc6c5sc5ccccc56)nc(-c5cccc6oc7ccccc7c56)n4)c3c2)cc1. The van der Waals surface area contributed by atoms with Crippen LogP contribution in [0.1, 0.15) is 0 Å². The van der Waals surface area contributed by atoms with Crippen molar-refractivity contribution in [3.8, 4) is 45.3 Å². The molecule has 0 N–H and O–H groups in total. The van der Waals surface area contributed by atoms with Crippen molar-refractivity contribution in [1.29, 1.82) is 0 Å². The zero-order valence-electron chi connectivity index (χ0n) is 25.6. The van der Waals surface area contributed by atoms with Crippen molar-refractivity contribution in [1.82, 2.24) is 15.0 Å². The normalized spacial score (nSPS) is 11.8. The average molecular weight is 632 g/mol. The van der Waals surface area contributed by atoms with Crippen LogP contribution in [-0.4, -0.2) is 15.0 Å². The van der Waals surface area contributed by atoms with E-state index in [0.717, 1.165) is 59.7 Å². The van der Waals surface area contributed by atoms with Crippen molar-refractivity contribution in [3.63, 3.8) is 0 Å². The predicted octanol–water partition coefficient (Wildman–Crippen LogP) is 12.0. The van der Waals surface area contributed by atoms with Crippen molar-refractivity contribution in [2.45, 2.75) is 0 Å². The van der Waals surface area contributed by atoms with Crippen LogP contribution < -0.4 is 0 Å². The summed E-state index contributed by atoms with van der Waals surface area (Å²) in [4.78, 5) is 15.8. The van der Waals surface area contributed by atoms with Crippen LogP contribution in [0.2, 0.25) is 0 Å². The molecule has 224 valence electrons. The first-order chi connectivity index (χ1) is 23.8. The van der Waals surface area contributed by atoms with Crippen LogP contribution in [0.5, 0.6) is 0 Å². The number of aromatic nitrogens is 3. The molecule has 10 rings (SSSR count). The second kappa shape index (κ2) is 10.7. The highest BCUT2D eigenvalue weighted by Gasteiger charge is 2.20. The van der Waals surface area contributed by atoms with Gasteiger partial charge in [0.25, 0.3) is 0 Å². The van der Waals surface area contributed by atoms with Gasteiger partial charge in [-0.15, -0.1) is 11.3 Å². The smallest absolute Gasteiger partial charge is 0.165 e. The summed E-state index contributed by atoms with van der Waals surface area (Å²) < 4.78 is 8.69. The minimum Gasteiger partial charge on any atom is -0.456 e. The molecule has 0 amide bonds. The summed E-state index contributed by atoms with van der Waals surface area (Å²) in [5.74, 6) is 1.89. The van der Waals surface area contributed by atoms with Gasteiger partial charge in [-0.25, -0.2) is 15.0 Å². The third-order valence-corrected chi connectivity index (χ3v) is 10.4. The minimum absolute atomic E-state index is 0.612. The monoisotopic (exact) mass is 631 g/mol. The molecule has 0 aliphatic carbocycles. The van der Waals surface area contributed by atoms with E-state index in [9.17, 15) is 0 Å². The molecule has 0 unspecified atom stereocenters. The standard InChI is InChI=1S/C43H25N3OS/c1-2-11-26(12-3-1)28-24-23-27-13-8-17-31(35(27)25-28)41-44-42(33-18-10-21-37-39(33)32-15-4-6-20-36(32)47-37)46-43(45-41)34-19-9-16-30-29-14-5-7-22-38(29)48-40(30)34/h1-25H. The van der Waals surface area contributed by atoms with E-state index in [0.29, 0.717) is 17.5 Å². The fourth-order valence-corrected chi connectivity index (χ4v) is 8.11. The minimum atomic E-state index is 0.612. The Balaban J connectivity index is 1.27. The van der Waals surface area contributed by atoms with E-state index < -0.39 is 0 Å². The van der Waals surface area contributed by atoms with Crippen molar-refractivity contribution < 1.29 is 4.42 Å². The Bertz CT molecular complexity index is 2850. The Morgan fingerprint density at radius 2 is 1.06 bits per heavy atom. The van der Waals surface area contributed by atoms with Gasteiger partial charge >= 0.3 is 0 Å². The van der Waals surface area contributed by atoms with E-state index in [1.165, 1.54) is 21.0 Å². The third kappa shape index (κ3) is 4.25. The molecule has 0 aliphatic rings. The number of furan rings is 1. The summed E-state index contributed by atoms with van der Waals surface area (Å²) in [5, 5.41) is 6.71. The summed E-state index contributed by atoms with van der Waals surface area (Å²) in [5.41, 5.74) is 6.83. The highest BCUT2D eigenvalue weighted by atomic mass is 32.1. The highest BCUT2D eigenvalue weighted by Crippen LogP contribution is 2.41. The van der Waals surface area contributed by atoms with E-state index >= 15 is 0 Å². The highest BCUT2D eigenvalue weighted by molar-refractivity contribution is 7.26. The van der Waals surface area contributed by atoms with Crippen molar-refractivity contribution >= 4 is 64.2 Å². The van der Waals surface area contributed by atoms with E-state index in [1.807, 2.05) is 36.4 Å². The lowest BCUT2D eigenvalue weighted by Crippen LogP contribution is -2.01. The molecule has 0 saturated heterocycles. The van der Waals surface area contributed by atoms with Crippen molar-refractivity contribution in [3.05, 3.63) is 152 Å². The molecule has 3 heterocycles. The number of thiophene rings is 1. The van der Waals surface area contributed by atoms with E-state index in [1.54, 1.807) is 11.3 Å². The molecule has 3 aromatic heterocycles. The molecule has 4 nitrogen and oxygen atoms in total. The second-order valence-electron chi connectivity index (χ2n) is 12.0. The number of rotatable bonds is 4. The molecule has 0 fully saturated rings. The first-order valence-electron chi connectivity index (χ1n) is 15.9. The summed E-state index contributed by atoms with van der Waals surface area (Å²) >= 11 is 1.78. The van der Waals surface area contributed by atoms with Gasteiger partial charge < -0.3 is 4.42 Å². The quantitative estimate of drug-likeness (QED) is 0.194. The lowest BCUT2D eigenvalue weighted by molar-refractivity contribution is 0.669. The van der Waals surface area contributed by atoms with E-state index in [4.69, 9.17) is 19.4 Å². The zero-order valence-corrected chi connectivity index (χ0v) is 26.4. The summed E-state index contributed by atoms with van der Waals surface area (Å²) in [6.45, 7) is 0. The topological polar surface area (TPSA) is 51.8 Å². The molecule has 0 saturated carbocycles. The maximum absolute atomic E-state index is 6.28. The molecular formula is C43H25N3OS. The predicted molar refractivity (Wildman–Crippen MR) is 199 cm³/mol. The van der Waals surface area contributed by atoms with E-state index in [-0.39, 0.29) is 0 Å². The molecule has 10 aromatic rings. The Kier molecular flexibility index (Phi) is 6.01. The van der Waals surface area contributed by atoms with Crippen LogP contribution in [-0.2, 0) is 0 Å². The van der Waals surface area contributed by atoms with E-state index in [2.05, 4.69) is 115 Å². The Hall–Kier alpha value is -6.17. The van der Waals surface area contributed by atoms with Gasteiger partial charge in [-0.1, -0.05) is 121 Å². The molecule has 0 radical (unpaired) electrons. The number of para-hydroxylation sites is 1. The van der Waals surface area contributed by atoms with Gasteiger partial charge in [0.15, 0.2) is 17.5 Å². The molecule has 0 aliphatic heterocycles.